The van der Waals surface area contributed by atoms with Crippen molar-refractivity contribution in [2.24, 2.45) is 16.5 Å². The number of guanidine groups is 1. The van der Waals surface area contributed by atoms with Crippen LogP contribution in [0.1, 0.15) is 36.0 Å². The number of nitrogens with one attached hydrogen (secondary N) is 4. The molecule has 2 aromatic rings. The van der Waals surface area contributed by atoms with Crippen LogP contribution in [0.5, 0.6) is 5.75 Å². The van der Waals surface area contributed by atoms with Crippen molar-refractivity contribution < 1.29 is 32.3 Å². The molecule has 0 fully saturated rings. The van der Waals surface area contributed by atoms with Crippen molar-refractivity contribution in [2.45, 2.75) is 44.4 Å². The molecule has 2 rings (SSSR count). The third kappa shape index (κ3) is 10.9. The minimum atomic E-state index is -4.61. The molecule has 1 atom stereocenters. The molecule has 0 aliphatic carbocycles. The van der Waals surface area contributed by atoms with Crippen LogP contribution in [0.25, 0.3) is 0 Å². The van der Waals surface area contributed by atoms with E-state index < -0.39 is 42.2 Å². The molecular formula is C25H32F3N7O4. The molecule has 2 aromatic carbocycles. The number of carbonyl (C=O) groups is 3. The van der Waals surface area contributed by atoms with Gasteiger partial charge in [-0.15, -0.1) is 0 Å². The molecule has 4 amide bonds. The maximum atomic E-state index is 13.4. The number of unbranched alkanes of at least 4 members (excludes halogenated alkanes) is 1. The van der Waals surface area contributed by atoms with E-state index in [2.05, 4.69) is 26.5 Å². The molecule has 0 saturated heterocycles. The lowest BCUT2D eigenvalue weighted by Gasteiger charge is -2.18. The van der Waals surface area contributed by atoms with Gasteiger partial charge in [-0.05, 0) is 55.1 Å². The molecule has 0 bridgehead atoms. The summed E-state index contributed by atoms with van der Waals surface area (Å²) in [7, 11) is 1.50. The summed E-state index contributed by atoms with van der Waals surface area (Å²) in [6.07, 6.45) is -3.27. The smallest absolute Gasteiger partial charge is 0.416 e. The number of primary amides is 1. The number of hydrogen-bond acceptors (Lipinski definition) is 6. The fraction of sp³-hybridized carbons (Fsp3) is 0.360. The summed E-state index contributed by atoms with van der Waals surface area (Å²) in [4.78, 5) is 40.7. The lowest BCUT2D eigenvalue weighted by molar-refractivity contribution is -0.138. The Labute approximate surface area is 223 Å². The highest BCUT2D eigenvalue weighted by molar-refractivity contribution is 5.98. The van der Waals surface area contributed by atoms with Crippen LogP contribution in [0.4, 0.5) is 18.0 Å². The number of halogens is 3. The fourth-order valence-electron chi connectivity index (χ4n) is 3.40. The van der Waals surface area contributed by atoms with Gasteiger partial charge in [0.2, 0.25) is 17.8 Å². The third-order valence-electron chi connectivity index (χ3n) is 5.40. The summed E-state index contributed by atoms with van der Waals surface area (Å²) in [5.74, 6) is -1.04. The van der Waals surface area contributed by atoms with Crippen molar-refractivity contribution >= 4 is 23.8 Å². The summed E-state index contributed by atoms with van der Waals surface area (Å²) in [5.41, 5.74) is 14.9. The zero-order chi connectivity index (χ0) is 28.8. The number of carbonyl (C=O) groups excluding carboxylic acids is 3. The number of amides is 4. The average Bonchev–Trinajstić information content (AvgIpc) is 2.89. The summed E-state index contributed by atoms with van der Waals surface area (Å²) in [6.45, 7) is -0.0557. The zero-order valence-corrected chi connectivity index (χ0v) is 21.3. The molecule has 0 aromatic heterocycles. The minimum absolute atomic E-state index is 0.0963. The van der Waals surface area contributed by atoms with E-state index in [1.54, 1.807) is 24.3 Å². The van der Waals surface area contributed by atoms with E-state index in [1.807, 2.05) is 0 Å². The van der Waals surface area contributed by atoms with Gasteiger partial charge in [0.1, 0.15) is 11.8 Å². The van der Waals surface area contributed by atoms with Gasteiger partial charge in [0.15, 0.2) is 0 Å². The molecule has 0 radical (unpaired) electrons. The first-order valence-electron chi connectivity index (χ1n) is 12.0. The van der Waals surface area contributed by atoms with Gasteiger partial charge in [-0.3, -0.25) is 20.3 Å². The van der Waals surface area contributed by atoms with E-state index in [1.165, 1.54) is 25.3 Å². The Kier molecular flexibility index (Phi) is 12.0. The number of alkyl halides is 3. The van der Waals surface area contributed by atoms with Crippen molar-refractivity contribution in [1.82, 2.24) is 21.5 Å². The van der Waals surface area contributed by atoms with Gasteiger partial charge in [-0.1, -0.05) is 30.3 Å². The quantitative estimate of drug-likeness (QED) is 0.107. The molecule has 11 nitrogen and oxygen atoms in total. The molecule has 0 aliphatic rings. The fourth-order valence-corrected chi connectivity index (χ4v) is 3.40. The van der Waals surface area contributed by atoms with Gasteiger partial charge in [-0.25, -0.2) is 15.2 Å². The lowest BCUT2D eigenvalue weighted by atomic mass is 10.1. The standard InChI is InChI=1S/C25H32F3N7O4/c1-39-18-11-9-16(10-12-18)14-21(36)33-23(31-15-17-6-2-3-7-19(17)25(26,27)28)34-35-24(38)32-20(22(30)37)8-4-5-13-29/h2-3,6-7,9-12,20H,4-5,8,13-15,29H2,1H3,(H2,30,37)(H2,32,35,38)(H2,31,33,34,36)/t20-/m0/s1. The lowest BCUT2D eigenvalue weighted by Crippen LogP contribution is -2.56. The molecule has 14 heteroatoms. The molecule has 0 aliphatic heterocycles. The number of nitrogens with zero attached hydrogens (tertiary/aromatic N) is 1. The highest BCUT2D eigenvalue weighted by Crippen LogP contribution is 2.32. The second kappa shape index (κ2) is 15.2. The largest absolute Gasteiger partial charge is 0.497 e. The second-order valence-electron chi connectivity index (χ2n) is 8.36. The van der Waals surface area contributed by atoms with Crippen molar-refractivity contribution in [2.75, 3.05) is 13.7 Å². The van der Waals surface area contributed by atoms with Crippen LogP contribution in [-0.2, 0) is 28.7 Å². The monoisotopic (exact) mass is 551 g/mol. The van der Waals surface area contributed by atoms with Crippen LogP contribution in [-0.4, -0.2) is 43.5 Å². The number of methoxy groups -OCH3 is 1. The van der Waals surface area contributed by atoms with Crippen LogP contribution in [0, 0.1) is 0 Å². The van der Waals surface area contributed by atoms with Gasteiger partial charge in [0, 0.05) is 0 Å². The molecule has 0 saturated carbocycles. The number of ether oxygens (including phenoxy) is 1. The Bertz CT molecular complexity index is 1140. The van der Waals surface area contributed by atoms with E-state index in [0.717, 1.165) is 6.07 Å². The van der Waals surface area contributed by atoms with Gasteiger partial charge in [0.05, 0.1) is 25.6 Å². The molecule has 212 valence electrons. The van der Waals surface area contributed by atoms with Crippen LogP contribution >= 0.6 is 0 Å². The zero-order valence-electron chi connectivity index (χ0n) is 21.3. The van der Waals surface area contributed by atoms with Crippen LogP contribution < -0.4 is 37.7 Å². The number of urea groups is 1. The first kappa shape index (κ1) is 30.9. The number of nitrogens with two attached hydrogens (primary N) is 2. The van der Waals surface area contributed by atoms with Gasteiger partial charge >= 0.3 is 12.2 Å². The van der Waals surface area contributed by atoms with Crippen molar-refractivity contribution in [3.8, 4) is 5.75 Å². The molecule has 0 unspecified atom stereocenters. The Morgan fingerprint density at radius 2 is 1.72 bits per heavy atom. The average molecular weight is 552 g/mol. The summed E-state index contributed by atoms with van der Waals surface area (Å²) in [6, 6.07) is 9.66. The maximum Gasteiger partial charge on any atom is 0.416 e. The summed E-state index contributed by atoms with van der Waals surface area (Å²) < 4.78 is 45.2. The summed E-state index contributed by atoms with van der Waals surface area (Å²) in [5, 5.41) is 4.82. The third-order valence-corrected chi connectivity index (χ3v) is 5.40. The second-order valence-corrected chi connectivity index (χ2v) is 8.36. The number of aliphatic imine (C=N–C) groups is 1. The van der Waals surface area contributed by atoms with Gasteiger partial charge < -0.3 is 21.5 Å². The molecule has 39 heavy (non-hydrogen) atoms. The number of hydrogen-bond donors (Lipinski definition) is 6. The number of rotatable bonds is 11. The highest BCUT2D eigenvalue weighted by Gasteiger charge is 2.32. The van der Waals surface area contributed by atoms with Crippen LogP contribution in [0.3, 0.4) is 0 Å². The van der Waals surface area contributed by atoms with Crippen LogP contribution in [0.15, 0.2) is 53.5 Å². The summed E-state index contributed by atoms with van der Waals surface area (Å²) >= 11 is 0. The Morgan fingerprint density at radius 1 is 1.03 bits per heavy atom. The van der Waals surface area contributed by atoms with Gasteiger partial charge in [0.25, 0.3) is 0 Å². The predicted octanol–water partition coefficient (Wildman–Crippen LogP) is 1.72. The van der Waals surface area contributed by atoms with Crippen molar-refractivity contribution in [3.05, 3.63) is 65.2 Å². The Balaban J connectivity index is 2.14. The van der Waals surface area contributed by atoms with Crippen molar-refractivity contribution in [1.29, 1.82) is 0 Å². The predicted molar refractivity (Wildman–Crippen MR) is 138 cm³/mol. The Morgan fingerprint density at radius 3 is 2.33 bits per heavy atom. The maximum absolute atomic E-state index is 13.4. The molecule has 8 N–H and O–H groups in total. The van der Waals surface area contributed by atoms with E-state index >= 15 is 0 Å². The highest BCUT2D eigenvalue weighted by atomic mass is 19.4. The van der Waals surface area contributed by atoms with E-state index in [0.29, 0.717) is 30.7 Å². The number of benzene rings is 2. The molecular weight excluding hydrogens is 519 g/mol. The SMILES string of the molecule is COc1ccc(CC(=O)NC(=NCc2ccccc2C(F)(F)F)NNC(=O)N[C@@H](CCCCN)C(N)=O)cc1. The Hall–Kier alpha value is -4.33. The first-order valence-corrected chi connectivity index (χ1v) is 12.0. The van der Waals surface area contributed by atoms with Crippen molar-refractivity contribution in [3.63, 3.8) is 0 Å². The van der Waals surface area contributed by atoms with E-state index in [9.17, 15) is 27.6 Å². The van der Waals surface area contributed by atoms with E-state index in [-0.39, 0.29) is 24.4 Å². The van der Waals surface area contributed by atoms with E-state index in [4.69, 9.17) is 16.2 Å². The molecule has 0 heterocycles. The van der Waals surface area contributed by atoms with Gasteiger partial charge in [-0.2, -0.15) is 13.2 Å². The first-order chi connectivity index (χ1) is 18.5. The normalized spacial score (nSPS) is 12.3. The minimum Gasteiger partial charge on any atom is -0.497 e. The topological polar surface area (TPSA) is 173 Å². The number of hydrazine groups is 1. The van der Waals surface area contributed by atoms with Crippen LogP contribution in [0.2, 0.25) is 0 Å². The molecule has 0 spiro atoms.